The van der Waals surface area contributed by atoms with Crippen LogP contribution < -0.4 is 11.1 Å². The van der Waals surface area contributed by atoms with Crippen molar-refractivity contribution < 1.29 is 5.21 Å². The summed E-state index contributed by atoms with van der Waals surface area (Å²) in [6.07, 6.45) is 3.58. The monoisotopic (exact) mass is 284 g/mol. The van der Waals surface area contributed by atoms with E-state index in [2.05, 4.69) is 22.4 Å². The number of aromatic nitrogens is 1. The van der Waals surface area contributed by atoms with E-state index >= 15 is 0 Å². The van der Waals surface area contributed by atoms with Gasteiger partial charge in [-0.3, -0.25) is 4.98 Å². The molecule has 4 N–H and O–H groups in total. The van der Waals surface area contributed by atoms with Crippen LogP contribution in [0.3, 0.4) is 0 Å². The second-order valence-corrected chi connectivity index (χ2v) is 4.90. The summed E-state index contributed by atoms with van der Waals surface area (Å²) in [6.45, 7) is 2.64. The Morgan fingerprint density at radius 3 is 2.57 bits per heavy atom. The largest absolute Gasteiger partial charge is 0.409 e. The van der Waals surface area contributed by atoms with Gasteiger partial charge in [0.25, 0.3) is 0 Å². The molecule has 1 aromatic carbocycles. The fourth-order valence-corrected chi connectivity index (χ4v) is 2.19. The number of benzene rings is 1. The molecule has 1 unspecified atom stereocenters. The van der Waals surface area contributed by atoms with Crippen molar-refractivity contribution in [2.75, 3.05) is 6.54 Å². The summed E-state index contributed by atoms with van der Waals surface area (Å²) < 4.78 is 0. The Bertz CT molecular complexity index is 571. The molecule has 1 aromatic heterocycles. The molecule has 1 heterocycles. The lowest BCUT2D eigenvalue weighted by molar-refractivity contribution is 0.315. The summed E-state index contributed by atoms with van der Waals surface area (Å²) >= 11 is 0. The molecular weight excluding hydrogens is 264 g/mol. The number of oxime groups is 1. The summed E-state index contributed by atoms with van der Waals surface area (Å²) in [7, 11) is 0. The van der Waals surface area contributed by atoms with Crippen molar-refractivity contribution in [2.24, 2.45) is 10.9 Å². The van der Waals surface area contributed by atoms with E-state index in [1.165, 1.54) is 0 Å². The summed E-state index contributed by atoms with van der Waals surface area (Å²) in [4.78, 5) is 4.11. The molecule has 5 nitrogen and oxygen atoms in total. The Morgan fingerprint density at radius 1 is 1.24 bits per heavy atom. The molecule has 0 fully saturated rings. The van der Waals surface area contributed by atoms with Gasteiger partial charge in [-0.1, -0.05) is 41.6 Å². The van der Waals surface area contributed by atoms with E-state index in [0.717, 1.165) is 11.1 Å². The quantitative estimate of drug-likeness (QED) is 0.329. The molecule has 0 radical (unpaired) electrons. The van der Waals surface area contributed by atoms with E-state index < -0.39 is 0 Å². The van der Waals surface area contributed by atoms with Crippen LogP contribution in [0.15, 0.2) is 60.0 Å². The van der Waals surface area contributed by atoms with E-state index in [1.54, 1.807) is 6.20 Å². The van der Waals surface area contributed by atoms with Gasteiger partial charge < -0.3 is 16.3 Å². The Morgan fingerprint density at radius 2 is 1.95 bits per heavy atom. The van der Waals surface area contributed by atoms with Gasteiger partial charge in [-0.2, -0.15) is 0 Å². The van der Waals surface area contributed by atoms with E-state index in [9.17, 15) is 0 Å². The Hall–Kier alpha value is -2.40. The zero-order chi connectivity index (χ0) is 15.1. The fourth-order valence-electron chi connectivity index (χ4n) is 2.19. The van der Waals surface area contributed by atoms with E-state index in [1.807, 2.05) is 48.7 Å². The van der Waals surface area contributed by atoms with Crippen LogP contribution in [0.25, 0.3) is 0 Å². The van der Waals surface area contributed by atoms with Crippen molar-refractivity contribution >= 4 is 5.84 Å². The lowest BCUT2D eigenvalue weighted by atomic mass is 9.97. The van der Waals surface area contributed by atoms with Crippen LogP contribution in [-0.4, -0.2) is 22.6 Å². The molecule has 0 aliphatic rings. The molecule has 0 saturated carbocycles. The van der Waals surface area contributed by atoms with Gasteiger partial charge in [0.1, 0.15) is 5.84 Å². The van der Waals surface area contributed by atoms with E-state index in [0.29, 0.717) is 6.54 Å². The normalized spacial score (nSPS) is 14.6. The highest BCUT2D eigenvalue weighted by molar-refractivity contribution is 5.87. The zero-order valence-corrected chi connectivity index (χ0v) is 12.0. The number of hydrogen-bond donors (Lipinski definition) is 3. The second-order valence-electron chi connectivity index (χ2n) is 4.90. The molecule has 0 amide bonds. The SMILES string of the molecule is C[C@H](NCC(/C(N)=N/O)c1ccccc1)c1cccnc1. The number of pyridine rings is 1. The maximum atomic E-state index is 8.97. The first-order valence-electron chi connectivity index (χ1n) is 6.88. The second kappa shape index (κ2) is 7.40. The Kier molecular flexibility index (Phi) is 5.29. The molecular formula is C16H20N4O. The van der Waals surface area contributed by atoms with Crippen LogP contribution in [0.2, 0.25) is 0 Å². The highest BCUT2D eigenvalue weighted by Gasteiger charge is 2.17. The number of hydrogen-bond acceptors (Lipinski definition) is 4. The number of nitrogens with one attached hydrogen (secondary N) is 1. The average Bonchev–Trinajstić information content (AvgIpc) is 2.56. The van der Waals surface area contributed by atoms with Crippen LogP contribution >= 0.6 is 0 Å². The molecule has 2 rings (SSSR count). The summed E-state index contributed by atoms with van der Waals surface area (Å²) in [5.41, 5.74) is 7.94. The molecule has 0 bridgehead atoms. The van der Waals surface area contributed by atoms with Gasteiger partial charge in [0, 0.05) is 25.0 Å². The molecule has 0 saturated heterocycles. The highest BCUT2D eigenvalue weighted by atomic mass is 16.4. The van der Waals surface area contributed by atoms with Crippen molar-refractivity contribution in [1.82, 2.24) is 10.3 Å². The minimum absolute atomic E-state index is 0.136. The van der Waals surface area contributed by atoms with Crippen molar-refractivity contribution in [3.8, 4) is 0 Å². The smallest absolute Gasteiger partial charge is 0.147 e. The molecule has 5 heteroatoms. The number of nitrogens with zero attached hydrogens (tertiary/aromatic N) is 2. The van der Waals surface area contributed by atoms with Crippen LogP contribution in [0.1, 0.15) is 30.0 Å². The first kappa shape index (κ1) is 15.0. The maximum Gasteiger partial charge on any atom is 0.147 e. The van der Waals surface area contributed by atoms with Crippen molar-refractivity contribution in [3.05, 3.63) is 66.0 Å². The third-order valence-electron chi connectivity index (χ3n) is 3.49. The van der Waals surface area contributed by atoms with Gasteiger partial charge in [-0.05, 0) is 24.1 Å². The predicted octanol–water partition coefficient (Wildman–Crippen LogP) is 2.26. The zero-order valence-electron chi connectivity index (χ0n) is 12.0. The van der Waals surface area contributed by atoms with Gasteiger partial charge in [-0.15, -0.1) is 0 Å². The van der Waals surface area contributed by atoms with Crippen molar-refractivity contribution in [1.29, 1.82) is 0 Å². The lowest BCUT2D eigenvalue weighted by Gasteiger charge is -2.20. The number of rotatable bonds is 6. The first-order chi connectivity index (χ1) is 10.2. The Labute approximate surface area is 124 Å². The molecule has 0 spiro atoms. The van der Waals surface area contributed by atoms with Gasteiger partial charge >= 0.3 is 0 Å². The molecule has 2 atom stereocenters. The topological polar surface area (TPSA) is 83.5 Å². The molecule has 0 aliphatic carbocycles. The molecule has 2 aromatic rings. The summed E-state index contributed by atoms with van der Waals surface area (Å²) in [5, 5.41) is 15.5. The molecule has 21 heavy (non-hydrogen) atoms. The maximum absolute atomic E-state index is 8.97. The highest BCUT2D eigenvalue weighted by Crippen LogP contribution is 2.17. The third kappa shape index (κ3) is 4.03. The van der Waals surface area contributed by atoms with Gasteiger partial charge in [0.2, 0.25) is 0 Å². The molecule has 0 aliphatic heterocycles. The number of nitrogens with two attached hydrogens (primary N) is 1. The van der Waals surface area contributed by atoms with Gasteiger partial charge in [0.05, 0.1) is 5.92 Å². The lowest BCUT2D eigenvalue weighted by Crippen LogP contribution is -2.33. The van der Waals surface area contributed by atoms with Crippen LogP contribution in [0, 0.1) is 0 Å². The fraction of sp³-hybridized carbons (Fsp3) is 0.250. The van der Waals surface area contributed by atoms with Crippen LogP contribution in [-0.2, 0) is 0 Å². The standard InChI is InChI=1S/C16H20N4O/c1-12(14-8-5-9-18-10-14)19-11-15(16(17)20-21)13-6-3-2-4-7-13/h2-10,12,15,19,21H,11H2,1H3,(H2,17,20)/t12-,15?/m0/s1. The van der Waals surface area contributed by atoms with Crippen LogP contribution in [0.4, 0.5) is 0 Å². The minimum Gasteiger partial charge on any atom is -0.409 e. The predicted molar refractivity (Wildman–Crippen MR) is 83.2 cm³/mol. The first-order valence-corrected chi connectivity index (χ1v) is 6.88. The Balaban J connectivity index is 2.07. The van der Waals surface area contributed by atoms with Gasteiger partial charge in [-0.25, -0.2) is 0 Å². The van der Waals surface area contributed by atoms with Crippen molar-refractivity contribution in [3.63, 3.8) is 0 Å². The van der Waals surface area contributed by atoms with Crippen molar-refractivity contribution in [2.45, 2.75) is 18.9 Å². The minimum atomic E-state index is -0.171. The van der Waals surface area contributed by atoms with E-state index in [-0.39, 0.29) is 17.8 Å². The average molecular weight is 284 g/mol. The summed E-state index contributed by atoms with van der Waals surface area (Å²) in [6, 6.07) is 13.8. The molecule has 110 valence electrons. The third-order valence-corrected chi connectivity index (χ3v) is 3.49. The summed E-state index contributed by atoms with van der Waals surface area (Å²) in [5.74, 6) is 0.0300. The van der Waals surface area contributed by atoms with Gasteiger partial charge in [0.15, 0.2) is 0 Å². The van der Waals surface area contributed by atoms with Crippen LogP contribution in [0.5, 0.6) is 0 Å². The number of amidine groups is 1. The van der Waals surface area contributed by atoms with E-state index in [4.69, 9.17) is 10.9 Å².